The molecule has 4 heteroatoms. The molecule has 0 fully saturated rings. The van der Waals surface area contributed by atoms with Gasteiger partial charge in [-0.3, -0.25) is 0 Å². The number of thiol groups is 1. The molecular formula is C6H9ClN2S. The first-order chi connectivity index (χ1) is 4.22. The molecule has 0 bridgehead atoms. The van der Waals surface area contributed by atoms with Crippen molar-refractivity contribution in [3.05, 3.63) is 18.2 Å². The molecule has 0 aliphatic rings. The molecule has 10 heavy (non-hydrogen) atoms. The SMILES string of the molecule is Cl.Nc1cccc(S)c1N. The number of anilines is 2. The van der Waals surface area contributed by atoms with Crippen LogP contribution in [0.15, 0.2) is 23.1 Å². The van der Waals surface area contributed by atoms with Gasteiger partial charge in [0.15, 0.2) is 0 Å². The van der Waals surface area contributed by atoms with Crippen molar-refractivity contribution in [3.63, 3.8) is 0 Å². The van der Waals surface area contributed by atoms with Crippen molar-refractivity contribution in [2.75, 3.05) is 11.5 Å². The van der Waals surface area contributed by atoms with E-state index in [0.29, 0.717) is 11.4 Å². The highest BCUT2D eigenvalue weighted by Gasteiger charge is 1.94. The van der Waals surface area contributed by atoms with E-state index in [1.807, 2.05) is 6.07 Å². The van der Waals surface area contributed by atoms with Crippen LogP contribution >= 0.6 is 25.0 Å². The topological polar surface area (TPSA) is 52.0 Å². The smallest absolute Gasteiger partial charge is 0.0683 e. The molecule has 1 aromatic carbocycles. The average molecular weight is 177 g/mol. The summed E-state index contributed by atoms with van der Waals surface area (Å²) < 4.78 is 0. The lowest BCUT2D eigenvalue weighted by Gasteiger charge is -1.99. The summed E-state index contributed by atoms with van der Waals surface area (Å²) in [6.07, 6.45) is 0. The second-order valence-corrected chi connectivity index (χ2v) is 2.26. The maximum Gasteiger partial charge on any atom is 0.0683 e. The Morgan fingerprint density at radius 3 is 2.20 bits per heavy atom. The predicted octanol–water partition coefficient (Wildman–Crippen LogP) is 1.56. The van der Waals surface area contributed by atoms with Crippen molar-refractivity contribution in [3.8, 4) is 0 Å². The number of para-hydroxylation sites is 1. The van der Waals surface area contributed by atoms with Crippen LogP contribution in [0.25, 0.3) is 0 Å². The molecular weight excluding hydrogens is 168 g/mol. The van der Waals surface area contributed by atoms with Gasteiger partial charge in [0.25, 0.3) is 0 Å². The minimum Gasteiger partial charge on any atom is -0.397 e. The third-order valence-electron chi connectivity index (χ3n) is 1.12. The molecule has 56 valence electrons. The lowest BCUT2D eigenvalue weighted by atomic mass is 10.3. The molecule has 2 nitrogen and oxygen atoms in total. The molecule has 0 unspecified atom stereocenters. The molecule has 1 aromatic rings. The van der Waals surface area contributed by atoms with Crippen LogP contribution in [0.3, 0.4) is 0 Å². The Hall–Kier alpha value is -0.540. The van der Waals surface area contributed by atoms with E-state index >= 15 is 0 Å². The Balaban J connectivity index is 0.000000810. The third kappa shape index (κ3) is 1.72. The van der Waals surface area contributed by atoms with Gasteiger partial charge in [-0.15, -0.1) is 25.0 Å². The lowest BCUT2D eigenvalue weighted by Crippen LogP contribution is -1.94. The fraction of sp³-hybridized carbons (Fsp3) is 0. The molecule has 1 rings (SSSR count). The minimum absolute atomic E-state index is 0. The van der Waals surface area contributed by atoms with Crippen LogP contribution < -0.4 is 11.5 Å². The summed E-state index contributed by atoms with van der Waals surface area (Å²) in [6, 6.07) is 5.36. The zero-order valence-electron chi connectivity index (χ0n) is 5.24. The normalized spacial score (nSPS) is 8.50. The second kappa shape index (κ2) is 3.58. The summed E-state index contributed by atoms with van der Waals surface area (Å²) in [5.74, 6) is 0. The molecule has 0 amide bonds. The summed E-state index contributed by atoms with van der Waals surface area (Å²) in [7, 11) is 0. The number of benzene rings is 1. The summed E-state index contributed by atoms with van der Waals surface area (Å²) in [5.41, 5.74) is 12.1. The quantitative estimate of drug-likeness (QED) is 0.415. The van der Waals surface area contributed by atoms with Crippen LogP contribution in [0.4, 0.5) is 11.4 Å². The fourth-order valence-electron chi connectivity index (χ4n) is 0.570. The molecule has 0 aliphatic heterocycles. The van der Waals surface area contributed by atoms with Crippen LogP contribution in [-0.4, -0.2) is 0 Å². The third-order valence-corrected chi connectivity index (χ3v) is 1.51. The number of nitrogens with two attached hydrogens (primary N) is 2. The van der Waals surface area contributed by atoms with Gasteiger partial charge in [0.05, 0.1) is 11.4 Å². The summed E-state index contributed by atoms with van der Waals surface area (Å²) in [5, 5.41) is 0. The first kappa shape index (κ1) is 9.46. The molecule has 0 radical (unpaired) electrons. The van der Waals surface area contributed by atoms with Gasteiger partial charge in [0, 0.05) is 4.90 Å². The van der Waals surface area contributed by atoms with Gasteiger partial charge in [-0.25, -0.2) is 0 Å². The molecule has 0 saturated carbocycles. The molecule has 0 aliphatic carbocycles. The molecule has 0 heterocycles. The van der Waals surface area contributed by atoms with Crippen LogP contribution in [0.2, 0.25) is 0 Å². The van der Waals surface area contributed by atoms with Crippen LogP contribution in [0.1, 0.15) is 0 Å². The summed E-state index contributed by atoms with van der Waals surface area (Å²) >= 11 is 4.06. The highest BCUT2D eigenvalue weighted by atomic mass is 35.5. The van der Waals surface area contributed by atoms with Crippen LogP contribution in [0.5, 0.6) is 0 Å². The van der Waals surface area contributed by atoms with E-state index in [1.54, 1.807) is 12.1 Å². The van der Waals surface area contributed by atoms with E-state index in [2.05, 4.69) is 12.6 Å². The Morgan fingerprint density at radius 2 is 1.80 bits per heavy atom. The van der Waals surface area contributed by atoms with Gasteiger partial charge < -0.3 is 11.5 Å². The summed E-state index contributed by atoms with van der Waals surface area (Å²) in [6.45, 7) is 0. The summed E-state index contributed by atoms with van der Waals surface area (Å²) in [4.78, 5) is 0.731. The average Bonchev–Trinajstić information content (AvgIpc) is 1.83. The Kier molecular flexibility index (Phi) is 3.39. The highest BCUT2D eigenvalue weighted by molar-refractivity contribution is 7.80. The Bertz CT molecular complexity index is 207. The van der Waals surface area contributed by atoms with Crippen LogP contribution in [-0.2, 0) is 0 Å². The minimum atomic E-state index is 0. The van der Waals surface area contributed by atoms with E-state index in [0.717, 1.165) is 4.90 Å². The zero-order valence-corrected chi connectivity index (χ0v) is 6.95. The van der Waals surface area contributed by atoms with E-state index in [4.69, 9.17) is 11.5 Å². The van der Waals surface area contributed by atoms with Crippen molar-refractivity contribution >= 4 is 36.4 Å². The lowest BCUT2D eigenvalue weighted by molar-refractivity contribution is 1.47. The van der Waals surface area contributed by atoms with Gasteiger partial charge in [-0.1, -0.05) is 6.07 Å². The molecule has 0 aromatic heterocycles. The number of hydrogen-bond acceptors (Lipinski definition) is 3. The van der Waals surface area contributed by atoms with Crippen molar-refractivity contribution < 1.29 is 0 Å². The number of rotatable bonds is 0. The molecule has 0 atom stereocenters. The highest BCUT2D eigenvalue weighted by Crippen LogP contribution is 2.21. The van der Waals surface area contributed by atoms with Crippen LogP contribution in [0, 0.1) is 0 Å². The van der Waals surface area contributed by atoms with Crippen molar-refractivity contribution in [1.29, 1.82) is 0 Å². The number of halogens is 1. The second-order valence-electron chi connectivity index (χ2n) is 1.78. The van der Waals surface area contributed by atoms with Gasteiger partial charge >= 0.3 is 0 Å². The van der Waals surface area contributed by atoms with Crippen molar-refractivity contribution in [2.24, 2.45) is 0 Å². The molecule has 0 saturated heterocycles. The van der Waals surface area contributed by atoms with Gasteiger partial charge in [0.1, 0.15) is 0 Å². The Labute approximate surface area is 71.4 Å². The Morgan fingerprint density at radius 1 is 1.20 bits per heavy atom. The van der Waals surface area contributed by atoms with E-state index in [-0.39, 0.29) is 12.4 Å². The van der Waals surface area contributed by atoms with Gasteiger partial charge in [-0.05, 0) is 12.1 Å². The van der Waals surface area contributed by atoms with Crippen molar-refractivity contribution in [1.82, 2.24) is 0 Å². The monoisotopic (exact) mass is 176 g/mol. The molecule has 4 N–H and O–H groups in total. The largest absolute Gasteiger partial charge is 0.397 e. The first-order valence-corrected chi connectivity index (χ1v) is 2.99. The van der Waals surface area contributed by atoms with E-state index < -0.39 is 0 Å². The number of hydrogen-bond donors (Lipinski definition) is 3. The maximum atomic E-state index is 5.48. The standard InChI is InChI=1S/C6H8N2S.ClH/c7-4-2-1-3-5(9)6(4)8;/h1-3,9H,7-8H2;1H. The maximum absolute atomic E-state index is 5.48. The molecule has 0 spiro atoms. The number of nitrogen functional groups attached to an aromatic ring is 2. The fourth-order valence-corrected chi connectivity index (χ4v) is 0.786. The van der Waals surface area contributed by atoms with Gasteiger partial charge in [0.2, 0.25) is 0 Å². The van der Waals surface area contributed by atoms with E-state index in [9.17, 15) is 0 Å². The van der Waals surface area contributed by atoms with E-state index in [1.165, 1.54) is 0 Å². The first-order valence-electron chi connectivity index (χ1n) is 2.54. The van der Waals surface area contributed by atoms with Gasteiger partial charge in [-0.2, -0.15) is 0 Å². The van der Waals surface area contributed by atoms with Crippen molar-refractivity contribution in [2.45, 2.75) is 4.90 Å². The predicted molar refractivity (Wildman–Crippen MR) is 49.8 cm³/mol. The zero-order chi connectivity index (χ0) is 6.85.